The minimum Gasteiger partial charge on any atom is -0.489 e. The summed E-state index contributed by atoms with van der Waals surface area (Å²) in [5.74, 6) is -0.611. The van der Waals surface area contributed by atoms with Crippen molar-refractivity contribution in [2.75, 3.05) is 62.9 Å². The highest BCUT2D eigenvalue weighted by Crippen LogP contribution is 2.48. The first-order valence-electron chi connectivity index (χ1n) is 15.4. The van der Waals surface area contributed by atoms with Gasteiger partial charge in [-0.1, -0.05) is 6.07 Å². The predicted octanol–water partition coefficient (Wildman–Crippen LogP) is 2.21. The number of aromatic nitrogens is 2. The van der Waals surface area contributed by atoms with Crippen LogP contribution in [-0.4, -0.2) is 105 Å². The summed E-state index contributed by atoms with van der Waals surface area (Å²) in [6.45, 7) is 3.76. The van der Waals surface area contributed by atoms with E-state index in [9.17, 15) is 23.3 Å². The van der Waals surface area contributed by atoms with Gasteiger partial charge in [-0.25, -0.2) is 8.42 Å². The number of nitro benzene ring substituents is 1. The van der Waals surface area contributed by atoms with Gasteiger partial charge in [0.2, 0.25) is 15.7 Å². The van der Waals surface area contributed by atoms with E-state index in [0.717, 1.165) is 24.5 Å². The lowest BCUT2D eigenvalue weighted by molar-refractivity contribution is -0.384. The molecule has 16 nitrogen and oxygen atoms in total. The van der Waals surface area contributed by atoms with Crippen molar-refractivity contribution in [1.82, 2.24) is 14.9 Å². The van der Waals surface area contributed by atoms with Crippen LogP contribution in [0.15, 0.2) is 58.5 Å². The standard InChI is InChI=1S/C31H31N7O9S/c32-29(39)20-2-1-3-26(28(20)37-22-10-17-4-5-33-30(17)35-31(22)47-25-16-45-15-23(25)37)48(42,43)19-11-21(38(40)41)27-24(12-19)46-14-18(34-27)13-36-6-8-44-9-7-36/h1-5,10-12,18,23,25,34H,6-9,13-16H2,(H2,32,39)(H,33,35)/t18-,23+,25+/m1/s1. The quantitative estimate of drug-likeness (QED) is 0.190. The maximum Gasteiger partial charge on any atom is 0.297 e. The number of nitro groups is 1. The monoisotopic (exact) mass is 677 g/mol. The molecule has 250 valence electrons. The number of aromatic amines is 1. The molecule has 0 radical (unpaired) electrons. The molecule has 4 aliphatic rings. The second-order valence-corrected chi connectivity index (χ2v) is 13.9. The summed E-state index contributed by atoms with van der Waals surface area (Å²) in [7, 11) is -4.56. The van der Waals surface area contributed by atoms with E-state index in [0.29, 0.717) is 31.1 Å². The lowest BCUT2D eigenvalue weighted by Gasteiger charge is -2.40. The van der Waals surface area contributed by atoms with Gasteiger partial charge in [-0.15, -0.1) is 0 Å². The number of rotatable bonds is 7. The summed E-state index contributed by atoms with van der Waals surface area (Å²) in [5, 5.41) is 16.3. The average molecular weight is 678 g/mol. The number of sulfone groups is 1. The van der Waals surface area contributed by atoms with Crippen molar-refractivity contribution < 1.29 is 37.1 Å². The zero-order chi connectivity index (χ0) is 33.2. The van der Waals surface area contributed by atoms with Crippen molar-refractivity contribution in [3.8, 4) is 11.6 Å². The number of carbonyl (C=O) groups excluding carboxylic acids is 1. The van der Waals surface area contributed by atoms with Gasteiger partial charge in [-0.05, 0) is 24.3 Å². The van der Waals surface area contributed by atoms with Gasteiger partial charge in [0, 0.05) is 43.4 Å². The molecule has 8 rings (SSSR count). The SMILES string of the molecule is NC(=O)c1cccc(S(=O)(=O)c2cc3c(c([N+](=O)[O-])c2)N[C@H](CN2CCOCC2)CO3)c1N1c2cc3cc[nH]c3nc2O[C@H]2COC[C@@H]21. The first-order chi connectivity index (χ1) is 23.2. The van der Waals surface area contributed by atoms with Crippen LogP contribution in [0.4, 0.5) is 22.7 Å². The Morgan fingerprint density at radius 3 is 2.73 bits per heavy atom. The molecular weight excluding hydrogens is 646 g/mol. The zero-order valence-electron chi connectivity index (χ0n) is 25.5. The zero-order valence-corrected chi connectivity index (χ0v) is 26.3. The summed E-state index contributed by atoms with van der Waals surface area (Å²) in [6.07, 6.45) is 1.18. The van der Waals surface area contributed by atoms with Crippen molar-refractivity contribution in [2.24, 2.45) is 5.73 Å². The van der Waals surface area contributed by atoms with Crippen LogP contribution in [0.5, 0.6) is 11.6 Å². The number of morpholine rings is 1. The Morgan fingerprint density at radius 2 is 1.94 bits per heavy atom. The minimum absolute atomic E-state index is 0.00303. The number of hydrogen-bond donors (Lipinski definition) is 3. The molecule has 3 atom stereocenters. The van der Waals surface area contributed by atoms with Crippen LogP contribution in [-0.2, 0) is 19.3 Å². The fraction of sp³-hybridized carbons (Fsp3) is 0.355. The third-order valence-electron chi connectivity index (χ3n) is 9.06. The maximum absolute atomic E-state index is 14.7. The van der Waals surface area contributed by atoms with Gasteiger partial charge in [-0.3, -0.25) is 19.8 Å². The number of para-hydroxylation sites is 1. The number of ether oxygens (including phenoxy) is 4. The molecule has 2 aromatic heterocycles. The Labute approximate surface area is 273 Å². The number of nitrogens with zero attached hydrogens (tertiary/aromatic N) is 4. The summed E-state index contributed by atoms with van der Waals surface area (Å²) in [4.78, 5) is 35.5. The number of benzene rings is 2. The summed E-state index contributed by atoms with van der Waals surface area (Å²) >= 11 is 0. The van der Waals surface area contributed by atoms with E-state index in [1.165, 1.54) is 24.3 Å². The van der Waals surface area contributed by atoms with Crippen molar-refractivity contribution in [2.45, 2.75) is 28.0 Å². The van der Waals surface area contributed by atoms with E-state index in [-0.39, 0.29) is 64.2 Å². The highest BCUT2D eigenvalue weighted by atomic mass is 32.2. The smallest absolute Gasteiger partial charge is 0.297 e. The molecule has 4 aromatic rings. The number of amides is 1. The van der Waals surface area contributed by atoms with Crippen LogP contribution in [0, 0.1) is 10.1 Å². The molecule has 2 aromatic carbocycles. The Bertz CT molecular complexity index is 2060. The maximum atomic E-state index is 14.7. The number of pyridine rings is 1. The molecule has 2 fully saturated rings. The van der Waals surface area contributed by atoms with Gasteiger partial charge in [0.1, 0.15) is 24.0 Å². The lowest BCUT2D eigenvalue weighted by atomic mass is 10.0. The van der Waals surface area contributed by atoms with E-state index in [4.69, 9.17) is 24.7 Å². The molecule has 0 bridgehead atoms. The molecule has 2 saturated heterocycles. The normalized spacial score (nSPS) is 22.2. The topological polar surface area (TPSA) is 204 Å². The molecule has 1 amide bonds. The Hall–Kier alpha value is -4.97. The second-order valence-electron chi connectivity index (χ2n) is 12.0. The Kier molecular flexibility index (Phi) is 7.35. The molecule has 17 heteroatoms. The number of carbonyl (C=O) groups is 1. The third-order valence-corrected chi connectivity index (χ3v) is 10.8. The average Bonchev–Trinajstić information content (AvgIpc) is 3.75. The number of fused-ring (bicyclic) bond motifs is 4. The number of nitrogens with one attached hydrogen (secondary N) is 2. The molecule has 0 spiro atoms. The largest absolute Gasteiger partial charge is 0.489 e. The molecule has 0 aliphatic carbocycles. The number of anilines is 3. The number of H-pyrrole nitrogens is 1. The molecule has 4 N–H and O–H groups in total. The van der Waals surface area contributed by atoms with Crippen molar-refractivity contribution in [3.63, 3.8) is 0 Å². The lowest BCUT2D eigenvalue weighted by Crippen LogP contribution is -2.47. The van der Waals surface area contributed by atoms with Gasteiger partial charge in [0.05, 0.1) is 64.5 Å². The number of hydrogen-bond acceptors (Lipinski definition) is 13. The van der Waals surface area contributed by atoms with Crippen LogP contribution in [0.1, 0.15) is 10.4 Å². The first kappa shape index (κ1) is 30.4. The number of nitrogens with two attached hydrogens (primary N) is 1. The molecule has 0 unspecified atom stereocenters. The molecule has 48 heavy (non-hydrogen) atoms. The second kappa shape index (κ2) is 11.6. The molecular formula is C31H31N7O9S. The highest BCUT2D eigenvalue weighted by Gasteiger charge is 2.45. The van der Waals surface area contributed by atoms with Gasteiger partial charge < -0.3 is 39.9 Å². The fourth-order valence-corrected chi connectivity index (χ4v) is 8.28. The van der Waals surface area contributed by atoms with Crippen LogP contribution >= 0.6 is 0 Å². The third kappa shape index (κ3) is 5.06. The van der Waals surface area contributed by atoms with E-state index in [1.54, 1.807) is 17.2 Å². The Balaban J connectivity index is 1.25. The molecule has 6 heterocycles. The Morgan fingerprint density at radius 1 is 1.10 bits per heavy atom. The van der Waals surface area contributed by atoms with Crippen molar-refractivity contribution in [3.05, 3.63) is 64.3 Å². The van der Waals surface area contributed by atoms with Gasteiger partial charge in [-0.2, -0.15) is 4.98 Å². The van der Waals surface area contributed by atoms with E-state index in [2.05, 4.69) is 20.2 Å². The highest BCUT2D eigenvalue weighted by molar-refractivity contribution is 7.91. The van der Waals surface area contributed by atoms with Crippen LogP contribution in [0.2, 0.25) is 0 Å². The summed E-state index contributed by atoms with van der Waals surface area (Å²) in [6, 6.07) is 9.28. The fourth-order valence-electron chi connectivity index (χ4n) is 6.78. The van der Waals surface area contributed by atoms with Crippen LogP contribution < -0.4 is 25.4 Å². The van der Waals surface area contributed by atoms with Crippen LogP contribution in [0.25, 0.3) is 11.0 Å². The molecule has 4 aliphatic heterocycles. The van der Waals surface area contributed by atoms with E-state index >= 15 is 0 Å². The van der Waals surface area contributed by atoms with E-state index in [1.807, 2.05) is 6.07 Å². The summed E-state index contributed by atoms with van der Waals surface area (Å²) in [5.41, 5.74) is 6.41. The minimum atomic E-state index is -4.56. The number of primary amides is 1. The van der Waals surface area contributed by atoms with Crippen molar-refractivity contribution >= 4 is 49.5 Å². The predicted molar refractivity (Wildman–Crippen MR) is 171 cm³/mol. The van der Waals surface area contributed by atoms with Gasteiger partial charge in [0.25, 0.3) is 11.6 Å². The summed E-state index contributed by atoms with van der Waals surface area (Å²) < 4.78 is 52.6. The van der Waals surface area contributed by atoms with Crippen LogP contribution in [0.3, 0.4) is 0 Å². The van der Waals surface area contributed by atoms with Crippen molar-refractivity contribution in [1.29, 1.82) is 0 Å². The first-order valence-corrected chi connectivity index (χ1v) is 16.9. The van der Waals surface area contributed by atoms with Gasteiger partial charge in [0.15, 0.2) is 11.4 Å². The van der Waals surface area contributed by atoms with Gasteiger partial charge >= 0.3 is 0 Å². The van der Waals surface area contributed by atoms with E-state index < -0.39 is 38.5 Å². The molecule has 0 saturated carbocycles.